The first-order valence-electron chi connectivity index (χ1n) is 7.12. The smallest absolute Gasteiger partial charge is 0.209 e. The lowest BCUT2D eigenvalue weighted by Gasteiger charge is -2.31. The Kier molecular flexibility index (Phi) is 5.46. The molecule has 1 aliphatic carbocycles. The summed E-state index contributed by atoms with van der Waals surface area (Å²) in [6.07, 6.45) is 9.01. The van der Waals surface area contributed by atoms with E-state index in [1.807, 2.05) is 0 Å². The van der Waals surface area contributed by atoms with Gasteiger partial charge in [-0.3, -0.25) is 4.98 Å². The SMILES string of the molecule is NS(=O)(=O)CC1(COc2cncc(Cl)c2)CCCCCC1. The molecule has 1 heterocycles. The molecule has 0 aromatic carbocycles. The van der Waals surface area contributed by atoms with Gasteiger partial charge in [0.05, 0.1) is 23.6 Å². The summed E-state index contributed by atoms with van der Waals surface area (Å²) in [5, 5.41) is 5.77. The lowest BCUT2D eigenvalue weighted by Crippen LogP contribution is -2.38. The van der Waals surface area contributed by atoms with Crippen molar-refractivity contribution in [1.82, 2.24) is 4.98 Å². The van der Waals surface area contributed by atoms with Gasteiger partial charge in [0, 0.05) is 17.7 Å². The van der Waals surface area contributed by atoms with E-state index < -0.39 is 15.4 Å². The second kappa shape index (κ2) is 6.94. The fraction of sp³-hybridized carbons (Fsp3) is 0.643. The van der Waals surface area contributed by atoms with Crippen LogP contribution in [0.25, 0.3) is 0 Å². The number of halogens is 1. The molecule has 0 unspecified atom stereocenters. The van der Waals surface area contributed by atoms with Gasteiger partial charge < -0.3 is 4.74 Å². The summed E-state index contributed by atoms with van der Waals surface area (Å²) in [6, 6.07) is 1.68. The third-order valence-corrected chi connectivity index (χ3v) is 5.12. The van der Waals surface area contributed by atoms with Gasteiger partial charge in [-0.1, -0.05) is 37.3 Å². The van der Waals surface area contributed by atoms with Crippen LogP contribution in [0.1, 0.15) is 38.5 Å². The molecule has 5 nitrogen and oxygen atoms in total. The van der Waals surface area contributed by atoms with E-state index in [0.29, 0.717) is 17.4 Å². The maximum Gasteiger partial charge on any atom is 0.209 e. The fourth-order valence-corrected chi connectivity index (χ4v) is 4.33. The van der Waals surface area contributed by atoms with Crippen molar-refractivity contribution in [2.24, 2.45) is 10.6 Å². The minimum Gasteiger partial charge on any atom is -0.491 e. The van der Waals surface area contributed by atoms with Crippen LogP contribution in [0.4, 0.5) is 0 Å². The molecule has 1 aliphatic rings. The Balaban J connectivity index is 2.11. The first kappa shape index (κ1) is 16.5. The number of aromatic nitrogens is 1. The predicted molar refractivity (Wildman–Crippen MR) is 82.9 cm³/mol. The number of nitrogens with two attached hydrogens (primary N) is 1. The molecule has 0 aliphatic heterocycles. The maximum absolute atomic E-state index is 11.6. The first-order chi connectivity index (χ1) is 9.89. The number of hydrogen-bond donors (Lipinski definition) is 1. The Labute approximate surface area is 130 Å². The van der Waals surface area contributed by atoms with Crippen LogP contribution in [0.5, 0.6) is 5.75 Å². The molecular weight excluding hydrogens is 312 g/mol. The standard InChI is InChI=1S/C14H21ClN2O3S/c15-12-7-13(9-17-8-12)20-10-14(11-21(16,18)19)5-3-1-2-4-6-14/h7-9H,1-6,10-11H2,(H2,16,18,19). The second-order valence-electron chi connectivity index (χ2n) is 5.85. The molecule has 0 saturated heterocycles. The molecule has 0 amide bonds. The number of nitrogens with zero attached hydrogens (tertiary/aromatic N) is 1. The van der Waals surface area contributed by atoms with Crippen molar-refractivity contribution >= 4 is 21.6 Å². The van der Waals surface area contributed by atoms with Crippen LogP contribution in [0.2, 0.25) is 5.02 Å². The molecule has 7 heteroatoms. The Morgan fingerprint density at radius 1 is 1.24 bits per heavy atom. The largest absolute Gasteiger partial charge is 0.491 e. The Hall–Kier alpha value is -0.850. The number of rotatable bonds is 5. The zero-order valence-corrected chi connectivity index (χ0v) is 13.5. The van der Waals surface area contributed by atoms with E-state index in [1.54, 1.807) is 12.3 Å². The summed E-state index contributed by atoms with van der Waals surface area (Å²) in [7, 11) is -3.53. The predicted octanol–water partition coefficient (Wildman–Crippen LogP) is 2.74. The Morgan fingerprint density at radius 2 is 1.90 bits per heavy atom. The molecule has 1 fully saturated rings. The van der Waals surface area contributed by atoms with E-state index in [-0.39, 0.29) is 5.75 Å². The van der Waals surface area contributed by atoms with Gasteiger partial charge in [0.1, 0.15) is 5.75 Å². The summed E-state index contributed by atoms with van der Waals surface area (Å²) >= 11 is 5.88. The normalized spacial score (nSPS) is 19.0. The number of ether oxygens (including phenoxy) is 1. The van der Waals surface area contributed by atoms with Crippen molar-refractivity contribution in [3.05, 3.63) is 23.5 Å². The minimum atomic E-state index is -3.53. The van der Waals surface area contributed by atoms with E-state index >= 15 is 0 Å². The summed E-state index contributed by atoms with van der Waals surface area (Å²) in [5.41, 5.74) is -0.410. The van der Waals surface area contributed by atoms with Gasteiger partial charge >= 0.3 is 0 Å². The summed E-state index contributed by atoms with van der Waals surface area (Å²) in [4.78, 5) is 3.96. The first-order valence-corrected chi connectivity index (χ1v) is 9.22. The van der Waals surface area contributed by atoms with Gasteiger partial charge in [-0.15, -0.1) is 0 Å². The van der Waals surface area contributed by atoms with Crippen LogP contribution < -0.4 is 9.88 Å². The second-order valence-corrected chi connectivity index (χ2v) is 7.90. The minimum absolute atomic E-state index is 0.0337. The van der Waals surface area contributed by atoms with Crippen LogP contribution in [0.15, 0.2) is 18.5 Å². The lowest BCUT2D eigenvalue weighted by molar-refractivity contribution is 0.145. The van der Waals surface area contributed by atoms with Gasteiger partial charge in [-0.2, -0.15) is 0 Å². The third kappa shape index (κ3) is 5.45. The lowest BCUT2D eigenvalue weighted by atomic mass is 9.83. The van der Waals surface area contributed by atoms with Crippen molar-refractivity contribution in [3.8, 4) is 5.75 Å². The van der Waals surface area contributed by atoms with E-state index in [4.69, 9.17) is 21.5 Å². The highest BCUT2D eigenvalue weighted by Gasteiger charge is 2.35. The van der Waals surface area contributed by atoms with Crippen molar-refractivity contribution in [1.29, 1.82) is 0 Å². The zero-order valence-electron chi connectivity index (χ0n) is 11.9. The van der Waals surface area contributed by atoms with E-state index in [2.05, 4.69) is 4.98 Å². The van der Waals surface area contributed by atoms with Crippen molar-refractivity contribution in [2.75, 3.05) is 12.4 Å². The molecule has 1 aromatic rings. The monoisotopic (exact) mass is 332 g/mol. The molecule has 21 heavy (non-hydrogen) atoms. The zero-order chi connectivity index (χ0) is 15.3. The quantitative estimate of drug-likeness (QED) is 0.840. The van der Waals surface area contributed by atoms with E-state index in [0.717, 1.165) is 38.5 Å². The highest BCUT2D eigenvalue weighted by Crippen LogP contribution is 2.36. The summed E-state index contributed by atoms with van der Waals surface area (Å²) in [6.45, 7) is 0.325. The third-order valence-electron chi connectivity index (χ3n) is 3.90. The Bertz CT molecular complexity index is 569. The summed E-state index contributed by atoms with van der Waals surface area (Å²) < 4.78 is 28.9. The molecule has 0 radical (unpaired) electrons. The molecular formula is C14H21ClN2O3S. The fourth-order valence-electron chi connectivity index (χ4n) is 2.94. The molecule has 0 bridgehead atoms. The molecule has 2 N–H and O–H groups in total. The van der Waals surface area contributed by atoms with E-state index in [1.165, 1.54) is 6.20 Å². The molecule has 1 saturated carbocycles. The summed E-state index contributed by atoms with van der Waals surface area (Å²) in [5.74, 6) is 0.522. The van der Waals surface area contributed by atoms with Gasteiger partial charge in [-0.05, 0) is 12.8 Å². The highest BCUT2D eigenvalue weighted by molar-refractivity contribution is 7.89. The van der Waals surface area contributed by atoms with Gasteiger partial charge in [0.25, 0.3) is 0 Å². The maximum atomic E-state index is 11.6. The average molecular weight is 333 g/mol. The molecule has 118 valence electrons. The van der Waals surface area contributed by atoms with Crippen LogP contribution in [-0.4, -0.2) is 25.8 Å². The number of hydrogen-bond acceptors (Lipinski definition) is 4. The molecule has 0 atom stereocenters. The van der Waals surface area contributed by atoms with Crippen molar-refractivity contribution in [2.45, 2.75) is 38.5 Å². The van der Waals surface area contributed by atoms with Crippen LogP contribution in [0.3, 0.4) is 0 Å². The number of pyridine rings is 1. The van der Waals surface area contributed by atoms with Crippen molar-refractivity contribution < 1.29 is 13.2 Å². The molecule has 0 spiro atoms. The van der Waals surface area contributed by atoms with Crippen LogP contribution in [0, 0.1) is 5.41 Å². The van der Waals surface area contributed by atoms with Gasteiger partial charge in [0.15, 0.2) is 0 Å². The average Bonchev–Trinajstić information content (AvgIpc) is 2.61. The van der Waals surface area contributed by atoms with Crippen LogP contribution in [-0.2, 0) is 10.0 Å². The highest BCUT2D eigenvalue weighted by atomic mass is 35.5. The van der Waals surface area contributed by atoms with Crippen LogP contribution >= 0.6 is 11.6 Å². The van der Waals surface area contributed by atoms with E-state index in [9.17, 15) is 8.42 Å². The number of sulfonamides is 1. The topological polar surface area (TPSA) is 82.3 Å². The molecule has 1 aromatic heterocycles. The number of primary sulfonamides is 1. The van der Waals surface area contributed by atoms with Crippen molar-refractivity contribution in [3.63, 3.8) is 0 Å². The Morgan fingerprint density at radius 3 is 2.48 bits per heavy atom. The van der Waals surface area contributed by atoms with Gasteiger partial charge in [-0.25, -0.2) is 13.6 Å². The molecule has 2 rings (SSSR count). The van der Waals surface area contributed by atoms with Gasteiger partial charge in [0.2, 0.25) is 10.0 Å².